The summed E-state index contributed by atoms with van der Waals surface area (Å²) in [5.41, 5.74) is 6.88. The molecule has 0 aromatic carbocycles. The van der Waals surface area contributed by atoms with Gasteiger partial charge in [0.15, 0.2) is 0 Å². The Bertz CT molecular complexity index is 96.4. The first-order valence-electron chi connectivity index (χ1n) is 3.45. The molecule has 0 spiro atoms. The van der Waals surface area contributed by atoms with Gasteiger partial charge in [-0.3, -0.25) is 0 Å². The molecular formula is C7H16KNO2. The van der Waals surface area contributed by atoms with Crippen molar-refractivity contribution >= 4 is 5.78 Å². The molecule has 2 atom stereocenters. The number of Topliss-reactive ketones (excluding diaryl/α,β-unsaturated/α-hetero) is 1. The molecule has 0 aromatic heterocycles. The molecule has 62 valence electrons. The van der Waals surface area contributed by atoms with Crippen LogP contribution in [0.3, 0.4) is 0 Å². The average molecular weight is 185 g/mol. The van der Waals surface area contributed by atoms with E-state index < -0.39 is 12.1 Å². The molecule has 0 bridgehead atoms. The minimum atomic E-state index is -0.963. The third-order valence-electron chi connectivity index (χ3n) is 0.920. The fourth-order valence-electron chi connectivity index (χ4n) is 0.340. The number of ketones is 1. The molecule has 0 rings (SSSR count). The molecule has 0 aliphatic heterocycles. The number of nitrogens with one attached hydrogen (secondary N) is 1. The molecule has 2 unspecified atom stereocenters. The second-order valence-corrected chi connectivity index (χ2v) is 1.83. The average Bonchev–Trinajstić information content (AvgIpc) is 1.90. The van der Waals surface area contributed by atoms with Crippen LogP contribution < -0.4 is 51.4 Å². The molecule has 2 N–H and O–H groups in total. The Hall–Kier alpha value is 1.23. The number of aliphatic hydroxyl groups is 1. The van der Waals surface area contributed by atoms with Gasteiger partial charge in [0, 0.05) is 6.10 Å². The molecular weight excluding hydrogens is 169 g/mol. The number of rotatable bonds is 2. The fraction of sp³-hybridized carbons (Fsp3) is 0.857. The van der Waals surface area contributed by atoms with E-state index in [4.69, 9.17) is 10.8 Å². The van der Waals surface area contributed by atoms with E-state index in [1.54, 1.807) is 0 Å². The number of aliphatic hydroxyl groups excluding tert-OH is 1. The minimum Gasteiger partial charge on any atom is -0.666 e. The van der Waals surface area contributed by atoms with Crippen molar-refractivity contribution in [3.63, 3.8) is 0 Å². The second-order valence-electron chi connectivity index (χ2n) is 1.83. The van der Waals surface area contributed by atoms with Crippen LogP contribution in [-0.2, 0) is 4.79 Å². The first kappa shape index (κ1) is 18.1. The summed E-state index contributed by atoms with van der Waals surface area (Å²) in [6.45, 7) is 6.73. The van der Waals surface area contributed by atoms with E-state index in [0.29, 0.717) is 0 Å². The molecule has 0 amide bonds. The Morgan fingerprint density at radius 3 is 1.73 bits per heavy atom. The van der Waals surface area contributed by atoms with Gasteiger partial charge >= 0.3 is 51.4 Å². The van der Waals surface area contributed by atoms with E-state index >= 15 is 0 Å². The molecule has 0 saturated carbocycles. The summed E-state index contributed by atoms with van der Waals surface area (Å²) < 4.78 is 0. The summed E-state index contributed by atoms with van der Waals surface area (Å²) in [6, 6.07) is -0.963. The van der Waals surface area contributed by atoms with Crippen LogP contribution in [0.2, 0.25) is 0 Å². The predicted octanol–water partition coefficient (Wildman–Crippen LogP) is -1.59. The van der Waals surface area contributed by atoms with Gasteiger partial charge in [-0.15, -0.1) is 0 Å². The van der Waals surface area contributed by atoms with Crippen LogP contribution in [0.1, 0.15) is 27.7 Å². The summed E-state index contributed by atoms with van der Waals surface area (Å²) in [5.74, 6) is -0.292. The molecule has 0 radical (unpaired) electrons. The predicted molar refractivity (Wildman–Crippen MR) is 41.8 cm³/mol. The normalized spacial score (nSPS) is 13.3. The van der Waals surface area contributed by atoms with Gasteiger partial charge in [0.05, 0.1) is 0 Å². The third-order valence-corrected chi connectivity index (χ3v) is 0.920. The fourth-order valence-corrected chi connectivity index (χ4v) is 0.340. The van der Waals surface area contributed by atoms with Gasteiger partial charge in [-0.25, -0.2) is 0 Å². The van der Waals surface area contributed by atoms with Crippen molar-refractivity contribution in [2.45, 2.75) is 39.8 Å². The van der Waals surface area contributed by atoms with E-state index in [1.807, 2.05) is 13.8 Å². The van der Waals surface area contributed by atoms with Crippen molar-refractivity contribution < 1.29 is 61.3 Å². The van der Waals surface area contributed by atoms with Crippen molar-refractivity contribution in [3.8, 4) is 0 Å². The standard InChI is InChI=1S/C5H10NO2.C2H6.K/c1-3(7)5(6)4(2)8;1-2;/h3,5-7H,1-2H3;1-2H3;/q-1;;+1. The van der Waals surface area contributed by atoms with Crippen LogP contribution in [-0.4, -0.2) is 23.0 Å². The maximum atomic E-state index is 10.2. The zero-order chi connectivity index (χ0) is 8.73. The largest absolute Gasteiger partial charge is 1.00 e. The van der Waals surface area contributed by atoms with Crippen molar-refractivity contribution in [1.29, 1.82) is 0 Å². The van der Waals surface area contributed by atoms with E-state index in [2.05, 4.69) is 0 Å². The molecule has 0 heterocycles. The van der Waals surface area contributed by atoms with Crippen LogP contribution in [0.4, 0.5) is 0 Å². The van der Waals surface area contributed by atoms with Crippen LogP contribution >= 0.6 is 0 Å². The molecule has 0 aliphatic carbocycles. The minimum absolute atomic E-state index is 0. The zero-order valence-electron chi connectivity index (χ0n) is 8.01. The Kier molecular flexibility index (Phi) is 18.5. The Morgan fingerprint density at radius 1 is 1.45 bits per heavy atom. The van der Waals surface area contributed by atoms with Gasteiger partial charge in [-0.1, -0.05) is 19.9 Å². The first-order chi connectivity index (χ1) is 4.55. The SMILES string of the molecule is CC.CC(=O)C([NH-])C(C)O.[K+]. The van der Waals surface area contributed by atoms with Gasteiger partial charge in [0.25, 0.3) is 0 Å². The van der Waals surface area contributed by atoms with Crippen LogP contribution in [0, 0.1) is 0 Å². The van der Waals surface area contributed by atoms with Crippen molar-refractivity contribution in [3.05, 3.63) is 5.73 Å². The second kappa shape index (κ2) is 11.2. The maximum Gasteiger partial charge on any atom is 1.00 e. The first-order valence-corrected chi connectivity index (χ1v) is 3.45. The molecule has 4 heteroatoms. The van der Waals surface area contributed by atoms with E-state index in [1.165, 1.54) is 13.8 Å². The Morgan fingerprint density at radius 2 is 1.73 bits per heavy atom. The zero-order valence-corrected chi connectivity index (χ0v) is 11.1. The number of carbonyl (C=O) groups is 1. The van der Waals surface area contributed by atoms with Crippen LogP contribution in [0.25, 0.3) is 5.73 Å². The van der Waals surface area contributed by atoms with Crippen molar-refractivity contribution in [2.75, 3.05) is 0 Å². The monoisotopic (exact) mass is 185 g/mol. The van der Waals surface area contributed by atoms with Gasteiger partial charge in [-0.2, -0.15) is 0 Å². The van der Waals surface area contributed by atoms with Gasteiger partial charge in [-0.05, 0) is 13.8 Å². The Labute approximate surface area is 111 Å². The molecule has 0 saturated heterocycles. The molecule has 11 heavy (non-hydrogen) atoms. The topological polar surface area (TPSA) is 61.1 Å². The van der Waals surface area contributed by atoms with E-state index in [0.717, 1.165) is 0 Å². The van der Waals surface area contributed by atoms with Gasteiger partial charge < -0.3 is 15.6 Å². The van der Waals surface area contributed by atoms with Crippen molar-refractivity contribution in [1.82, 2.24) is 0 Å². The summed E-state index contributed by atoms with van der Waals surface area (Å²) in [7, 11) is 0. The van der Waals surface area contributed by atoms with E-state index in [9.17, 15) is 4.79 Å². The summed E-state index contributed by atoms with van der Waals surface area (Å²) in [4.78, 5) is 10.2. The number of hydrogen-bond donors (Lipinski definition) is 1. The van der Waals surface area contributed by atoms with Gasteiger partial charge in [0.2, 0.25) is 0 Å². The summed E-state index contributed by atoms with van der Waals surface area (Å²) in [6.07, 6.45) is -0.840. The molecule has 0 aliphatic rings. The molecule has 0 aromatic rings. The van der Waals surface area contributed by atoms with E-state index in [-0.39, 0.29) is 57.2 Å². The Balaban J connectivity index is -0.000000196. The van der Waals surface area contributed by atoms with Crippen LogP contribution in [0.5, 0.6) is 0 Å². The summed E-state index contributed by atoms with van der Waals surface area (Å²) >= 11 is 0. The number of carbonyl (C=O) groups excluding carboxylic acids is 1. The van der Waals surface area contributed by atoms with Crippen LogP contribution in [0.15, 0.2) is 0 Å². The maximum absolute atomic E-state index is 10.2. The number of hydrogen-bond acceptors (Lipinski definition) is 2. The quantitative estimate of drug-likeness (QED) is 0.527. The molecule has 3 nitrogen and oxygen atoms in total. The smallest absolute Gasteiger partial charge is 0.666 e. The van der Waals surface area contributed by atoms with Crippen molar-refractivity contribution in [2.24, 2.45) is 0 Å². The van der Waals surface area contributed by atoms with Gasteiger partial charge in [0.1, 0.15) is 5.78 Å². The third kappa shape index (κ3) is 11.2. The summed E-state index contributed by atoms with van der Waals surface area (Å²) in [5, 5.41) is 8.58. The molecule has 0 fully saturated rings.